The zero-order valence-electron chi connectivity index (χ0n) is 15.0. The van der Waals surface area contributed by atoms with E-state index in [1.807, 2.05) is 0 Å². The molecule has 2 aromatic heterocycles. The molecule has 3 aromatic rings. The largest absolute Gasteiger partial charge is 0.476 e. The number of aromatic nitrogens is 3. The molecule has 0 aliphatic carbocycles. The molecule has 0 atom stereocenters. The maximum atomic E-state index is 14.1. The van der Waals surface area contributed by atoms with Crippen LogP contribution in [0.2, 0.25) is 0 Å². The number of H-pyrrole nitrogens is 1. The summed E-state index contributed by atoms with van der Waals surface area (Å²) in [5.74, 6) is -1.26. The minimum atomic E-state index is -4.66. The molecular weight excluding hydrogens is 398 g/mol. The number of nitrogens with one attached hydrogen (secondary N) is 1. The number of hydrogen-bond donors (Lipinski definition) is 1. The van der Waals surface area contributed by atoms with Crippen LogP contribution in [0.5, 0.6) is 5.88 Å². The van der Waals surface area contributed by atoms with E-state index in [-0.39, 0.29) is 30.3 Å². The number of alkyl halides is 3. The topological polar surface area (TPSA) is 85.7 Å². The minimum absolute atomic E-state index is 0.0659. The predicted octanol–water partition coefficient (Wildman–Crippen LogP) is 3.18. The van der Waals surface area contributed by atoms with E-state index in [2.05, 4.69) is 10.1 Å². The van der Waals surface area contributed by atoms with Crippen molar-refractivity contribution >= 4 is 11.5 Å². The second-order valence-corrected chi connectivity index (χ2v) is 6.04. The summed E-state index contributed by atoms with van der Waals surface area (Å²) in [6.45, 7) is 1.59. The second kappa shape index (κ2) is 7.94. The monoisotopic (exact) mass is 413 g/mol. The second-order valence-electron chi connectivity index (χ2n) is 6.04. The molecule has 2 heterocycles. The molecule has 1 aromatic carbocycles. The van der Waals surface area contributed by atoms with Gasteiger partial charge >= 0.3 is 12.1 Å². The normalized spacial score (nSPS) is 11.6. The molecule has 1 N–H and O–H groups in total. The van der Waals surface area contributed by atoms with Gasteiger partial charge in [0.2, 0.25) is 5.88 Å². The van der Waals surface area contributed by atoms with Gasteiger partial charge in [-0.05, 0) is 18.2 Å². The van der Waals surface area contributed by atoms with Crippen molar-refractivity contribution in [1.29, 1.82) is 0 Å². The van der Waals surface area contributed by atoms with Crippen molar-refractivity contribution in [2.45, 2.75) is 19.5 Å². The number of rotatable bonds is 6. The van der Waals surface area contributed by atoms with Gasteiger partial charge in [0.25, 0.3) is 5.56 Å². The third-order valence-electron chi connectivity index (χ3n) is 3.87. The van der Waals surface area contributed by atoms with Crippen molar-refractivity contribution in [1.82, 2.24) is 14.6 Å². The summed E-state index contributed by atoms with van der Waals surface area (Å²) < 4.78 is 64.0. The molecular formula is C18H15F4N3O4. The summed E-state index contributed by atoms with van der Waals surface area (Å²) in [5.41, 5.74) is -2.25. The summed E-state index contributed by atoms with van der Waals surface area (Å²) in [4.78, 5) is 25.3. The quantitative estimate of drug-likeness (QED) is 0.381. The molecule has 0 aliphatic rings. The molecule has 0 bridgehead atoms. The van der Waals surface area contributed by atoms with Gasteiger partial charge in [0.15, 0.2) is 0 Å². The standard InChI is InChI=1S/C18H15F4N3O4/c1-10(26)28-5-2-6-29-16-8-15-17(27)23-14(9-25(15)24-16)12-7-11(18(20,21)22)3-4-13(12)19/h3-4,7-9H,2,5-6H2,1H3,(H,23,27). The molecule has 0 saturated heterocycles. The number of nitrogens with zero attached hydrogens (tertiary/aromatic N) is 2. The smallest absolute Gasteiger partial charge is 0.416 e. The van der Waals surface area contributed by atoms with Crippen molar-refractivity contribution in [3.63, 3.8) is 0 Å². The van der Waals surface area contributed by atoms with Crippen molar-refractivity contribution < 1.29 is 31.8 Å². The fourth-order valence-electron chi connectivity index (χ4n) is 2.55. The van der Waals surface area contributed by atoms with Crippen LogP contribution in [0.3, 0.4) is 0 Å². The van der Waals surface area contributed by atoms with E-state index >= 15 is 0 Å². The first-order valence-corrected chi connectivity index (χ1v) is 8.41. The Morgan fingerprint density at radius 1 is 1.24 bits per heavy atom. The number of fused-ring (bicyclic) bond motifs is 1. The molecule has 0 radical (unpaired) electrons. The number of aromatic amines is 1. The molecule has 0 unspecified atom stereocenters. The number of ether oxygens (including phenoxy) is 2. The van der Waals surface area contributed by atoms with E-state index in [0.29, 0.717) is 24.6 Å². The highest BCUT2D eigenvalue weighted by Crippen LogP contribution is 2.32. The van der Waals surface area contributed by atoms with Crippen LogP contribution in [-0.4, -0.2) is 33.8 Å². The summed E-state index contributed by atoms with van der Waals surface area (Å²) in [5, 5.41) is 4.02. The molecule has 3 rings (SSSR count). The summed E-state index contributed by atoms with van der Waals surface area (Å²) in [6, 6.07) is 3.24. The first-order chi connectivity index (χ1) is 13.6. The number of carbonyl (C=O) groups is 1. The maximum absolute atomic E-state index is 14.1. The predicted molar refractivity (Wildman–Crippen MR) is 93.0 cm³/mol. The zero-order chi connectivity index (χ0) is 21.2. The Morgan fingerprint density at radius 3 is 2.69 bits per heavy atom. The third-order valence-corrected chi connectivity index (χ3v) is 3.87. The average Bonchev–Trinajstić information content (AvgIpc) is 3.04. The molecule has 29 heavy (non-hydrogen) atoms. The highest BCUT2D eigenvalue weighted by molar-refractivity contribution is 5.65. The lowest BCUT2D eigenvalue weighted by Gasteiger charge is -2.10. The number of halogens is 4. The van der Waals surface area contributed by atoms with E-state index in [0.717, 1.165) is 4.52 Å². The van der Waals surface area contributed by atoms with Gasteiger partial charge < -0.3 is 14.5 Å². The molecule has 0 fully saturated rings. The van der Waals surface area contributed by atoms with Crippen molar-refractivity contribution in [3.05, 3.63) is 52.2 Å². The highest BCUT2D eigenvalue weighted by Gasteiger charge is 2.31. The van der Waals surface area contributed by atoms with Crippen LogP contribution in [0.15, 0.2) is 35.3 Å². The summed E-state index contributed by atoms with van der Waals surface area (Å²) in [6.07, 6.45) is -3.07. The zero-order valence-corrected chi connectivity index (χ0v) is 15.0. The Kier molecular flexibility index (Phi) is 5.57. The first-order valence-electron chi connectivity index (χ1n) is 8.41. The lowest BCUT2D eigenvalue weighted by molar-refractivity contribution is -0.141. The Balaban J connectivity index is 1.87. The minimum Gasteiger partial charge on any atom is -0.476 e. The van der Waals surface area contributed by atoms with Gasteiger partial charge in [-0.3, -0.25) is 9.59 Å². The van der Waals surface area contributed by atoms with Gasteiger partial charge in [0.05, 0.1) is 30.7 Å². The van der Waals surface area contributed by atoms with E-state index < -0.39 is 34.6 Å². The number of esters is 1. The fourth-order valence-corrected chi connectivity index (χ4v) is 2.55. The van der Waals surface area contributed by atoms with Crippen LogP contribution in [0, 0.1) is 5.82 Å². The lowest BCUT2D eigenvalue weighted by Crippen LogP contribution is -2.12. The van der Waals surface area contributed by atoms with E-state index in [1.54, 1.807) is 0 Å². The number of benzene rings is 1. The highest BCUT2D eigenvalue weighted by atomic mass is 19.4. The SMILES string of the molecule is CC(=O)OCCCOc1cc2c(=O)[nH]c(-c3cc(C(F)(F)F)ccc3F)cn2n1. The molecule has 0 saturated carbocycles. The first kappa shape index (κ1) is 20.4. The van der Waals surface area contributed by atoms with Crippen LogP contribution in [0.25, 0.3) is 16.8 Å². The Morgan fingerprint density at radius 2 is 2.00 bits per heavy atom. The lowest BCUT2D eigenvalue weighted by atomic mass is 10.1. The summed E-state index contributed by atoms with van der Waals surface area (Å²) >= 11 is 0. The van der Waals surface area contributed by atoms with E-state index in [9.17, 15) is 27.2 Å². The van der Waals surface area contributed by atoms with Crippen molar-refractivity contribution in [2.75, 3.05) is 13.2 Å². The Bertz CT molecular complexity index is 1100. The van der Waals surface area contributed by atoms with Crippen LogP contribution >= 0.6 is 0 Å². The van der Waals surface area contributed by atoms with Gasteiger partial charge in [-0.1, -0.05) is 0 Å². The van der Waals surface area contributed by atoms with Crippen molar-refractivity contribution in [2.24, 2.45) is 0 Å². The Labute approximate surface area is 160 Å². The van der Waals surface area contributed by atoms with Gasteiger partial charge in [-0.25, -0.2) is 8.91 Å². The van der Waals surface area contributed by atoms with Crippen LogP contribution in [-0.2, 0) is 15.7 Å². The molecule has 0 spiro atoms. The summed E-state index contributed by atoms with van der Waals surface area (Å²) in [7, 11) is 0. The fraction of sp³-hybridized carbons (Fsp3) is 0.278. The molecule has 7 nitrogen and oxygen atoms in total. The maximum Gasteiger partial charge on any atom is 0.416 e. The Hall–Kier alpha value is -3.37. The number of carbonyl (C=O) groups excluding carboxylic acids is 1. The molecule has 0 aliphatic heterocycles. The molecule has 154 valence electrons. The van der Waals surface area contributed by atoms with E-state index in [4.69, 9.17) is 9.47 Å². The van der Waals surface area contributed by atoms with E-state index in [1.165, 1.54) is 19.2 Å². The number of hydrogen-bond acceptors (Lipinski definition) is 5. The third kappa shape index (κ3) is 4.73. The van der Waals surface area contributed by atoms with Crippen LogP contribution in [0.4, 0.5) is 17.6 Å². The van der Waals surface area contributed by atoms with Gasteiger partial charge in [0, 0.05) is 25.0 Å². The van der Waals surface area contributed by atoms with Crippen molar-refractivity contribution in [3.8, 4) is 17.1 Å². The van der Waals surface area contributed by atoms with Gasteiger partial charge in [-0.15, -0.1) is 5.10 Å². The van der Waals surface area contributed by atoms with Gasteiger partial charge in [-0.2, -0.15) is 13.2 Å². The van der Waals surface area contributed by atoms with Crippen LogP contribution in [0.1, 0.15) is 18.9 Å². The molecule has 0 amide bonds. The average molecular weight is 413 g/mol. The van der Waals surface area contributed by atoms with Crippen LogP contribution < -0.4 is 10.3 Å². The van der Waals surface area contributed by atoms with Gasteiger partial charge in [0.1, 0.15) is 11.3 Å². The molecule has 11 heteroatoms.